The fourth-order valence-electron chi connectivity index (χ4n) is 2.48. The molecule has 4 nitrogen and oxygen atoms in total. The molecule has 1 aromatic carbocycles. The van der Waals surface area contributed by atoms with Gasteiger partial charge in [0, 0.05) is 24.5 Å². The van der Waals surface area contributed by atoms with Gasteiger partial charge in [-0.05, 0) is 38.0 Å². The minimum Gasteiger partial charge on any atom is -0.490 e. The first kappa shape index (κ1) is 20.9. The van der Waals surface area contributed by atoms with E-state index < -0.39 is 0 Å². The van der Waals surface area contributed by atoms with Crippen LogP contribution in [0.4, 0.5) is 0 Å². The highest BCUT2D eigenvalue weighted by Gasteiger charge is 2.13. The molecule has 0 atom stereocenters. The molecule has 0 unspecified atom stereocenters. The zero-order valence-electron chi connectivity index (χ0n) is 14.8. The Balaban J connectivity index is 1.71. The molecule has 0 saturated carbocycles. The van der Waals surface area contributed by atoms with E-state index in [1.54, 1.807) is 18.2 Å². The third-order valence-corrected chi connectivity index (χ3v) is 4.73. The average Bonchev–Trinajstić information content (AvgIpc) is 3.03. The van der Waals surface area contributed by atoms with Crippen LogP contribution in [-0.4, -0.2) is 22.8 Å². The van der Waals surface area contributed by atoms with Crippen molar-refractivity contribution in [3.05, 3.63) is 52.0 Å². The van der Waals surface area contributed by atoms with Crippen molar-refractivity contribution >= 4 is 34.8 Å². The lowest BCUT2D eigenvalue weighted by atomic mass is 10.2. The van der Waals surface area contributed by atoms with Crippen molar-refractivity contribution in [1.29, 1.82) is 0 Å². The number of unbranched alkanes of at least 4 members (excludes halogenated alkanes) is 3. The summed E-state index contributed by atoms with van der Waals surface area (Å²) in [6.45, 7) is 3.92. The summed E-state index contributed by atoms with van der Waals surface area (Å²) < 4.78 is 13.5. The molecule has 1 aromatic heterocycles. The number of nitrogens with zero attached hydrogens (tertiary/aromatic N) is 2. The van der Waals surface area contributed by atoms with Crippen LogP contribution in [-0.2, 0) is 6.54 Å². The number of aromatic nitrogens is 2. The SMILES string of the molecule is Cc1nccn1CCCCCCOc1c(Cl)ccc(OC/C=C\Cl)c1Cl. The number of benzene rings is 1. The molecule has 0 amide bonds. The fraction of sp³-hybridized carbons (Fsp3) is 0.421. The molecule has 0 aliphatic heterocycles. The third kappa shape index (κ3) is 6.42. The topological polar surface area (TPSA) is 36.3 Å². The Morgan fingerprint density at radius 1 is 1.12 bits per heavy atom. The first-order valence-corrected chi connectivity index (χ1v) is 9.79. The van der Waals surface area contributed by atoms with Crippen molar-refractivity contribution in [1.82, 2.24) is 9.55 Å². The van der Waals surface area contributed by atoms with E-state index >= 15 is 0 Å². The molecule has 0 fully saturated rings. The number of aryl methyl sites for hydroxylation is 2. The van der Waals surface area contributed by atoms with Crippen LogP contribution in [0.1, 0.15) is 31.5 Å². The monoisotopic (exact) mass is 416 g/mol. The molecule has 26 heavy (non-hydrogen) atoms. The van der Waals surface area contributed by atoms with Gasteiger partial charge in [0.1, 0.15) is 23.2 Å². The molecule has 142 valence electrons. The Labute approximate surface area is 169 Å². The van der Waals surface area contributed by atoms with Gasteiger partial charge in [0.25, 0.3) is 0 Å². The number of imidazole rings is 1. The van der Waals surface area contributed by atoms with Gasteiger partial charge < -0.3 is 14.0 Å². The second kappa shape index (κ2) is 11.4. The van der Waals surface area contributed by atoms with E-state index in [0.717, 1.165) is 38.1 Å². The summed E-state index contributed by atoms with van der Waals surface area (Å²) in [6, 6.07) is 3.44. The molecule has 0 aliphatic carbocycles. The minimum atomic E-state index is 0.334. The highest BCUT2D eigenvalue weighted by Crippen LogP contribution is 2.39. The maximum Gasteiger partial charge on any atom is 0.160 e. The van der Waals surface area contributed by atoms with Gasteiger partial charge in [0.15, 0.2) is 5.75 Å². The molecule has 0 N–H and O–H groups in total. The lowest BCUT2D eigenvalue weighted by molar-refractivity contribution is 0.300. The predicted molar refractivity (Wildman–Crippen MR) is 108 cm³/mol. The molecule has 2 rings (SSSR count). The van der Waals surface area contributed by atoms with Crippen LogP contribution < -0.4 is 9.47 Å². The van der Waals surface area contributed by atoms with Crippen molar-refractivity contribution < 1.29 is 9.47 Å². The van der Waals surface area contributed by atoms with E-state index in [2.05, 4.69) is 9.55 Å². The van der Waals surface area contributed by atoms with Crippen molar-refractivity contribution in [2.45, 2.75) is 39.2 Å². The first-order chi connectivity index (χ1) is 12.6. The number of hydrogen-bond acceptors (Lipinski definition) is 3. The molecule has 2 aromatic rings. The van der Waals surface area contributed by atoms with Gasteiger partial charge in [-0.1, -0.05) is 47.6 Å². The summed E-state index contributed by atoms with van der Waals surface area (Å²) in [4.78, 5) is 4.22. The van der Waals surface area contributed by atoms with Crippen LogP contribution in [0, 0.1) is 6.92 Å². The van der Waals surface area contributed by atoms with E-state index in [9.17, 15) is 0 Å². The summed E-state index contributed by atoms with van der Waals surface area (Å²) in [7, 11) is 0. The first-order valence-electron chi connectivity index (χ1n) is 8.60. The fourth-order valence-corrected chi connectivity index (χ4v) is 3.09. The second-order valence-electron chi connectivity index (χ2n) is 5.79. The van der Waals surface area contributed by atoms with E-state index in [1.165, 1.54) is 5.54 Å². The van der Waals surface area contributed by atoms with Crippen LogP contribution in [0.15, 0.2) is 36.1 Å². The normalized spacial score (nSPS) is 11.2. The molecule has 0 aliphatic rings. The quantitative estimate of drug-likeness (QED) is 0.404. The Kier molecular flexibility index (Phi) is 9.16. The van der Waals surface area contributed by atoms with Crippen molar-refractivity contribution in [3.63, 3.8) is 0 Å². The zero-order valence-corrected chi connectivity index (χ0v) is 17.0. The summed E-state index contributed by atoms with van der Waals surface area (Å²) >= 11 is 18.0. The van der Waals surface area contributed by atoms with Gasteiger partial charge >= 0.3 is 0 Å². The molecule has 0 bridgehead atoms. The average molecular weight is 418 g/mol. The highest BCUT2D eigenvalue weighted by molar-refractivity contribution is 6.38. The van der Waals surface area contributed by atoms with Crippen LogP contribution in [0.2, 0.25) is 10.0 Å². The van der Waals surface area contributed by atoms with Gasteiger partial charge in [-0.3, -0.25) is 0 Å². The zero-order chi connectivity index (χ0) is 18.8. The number of hydrogen-bond donors (Lipinski definition) is 0. The summed E-state index contributed by atoms with van der Waals surface area (Å²) in [5.41, 5.74) is 1.40. The Morgan fingerprint density at radius 2 is 1.92 bits per heavy atom. The Bertz CT molecular complexity index is 717. The second-order valence-corrected chi connectivity index (χ2v) is 6.83. The van der Waals surface area contributed by atoms with E-state index in [4.69, 9.17) is 44.3 Å². The predicted octanol–water partition coefficient (Wildman–Crippen LogP) is 6.27. The number of ether oxygens (including phenoxy) is 2. The summed E-state index contributed by atoms with van der Waals surface area (Å²) in [5.74, 6) is 2.05. The van der Waals surface area contributed by atoms with Gasteiger partial charge in [0.2, 0.25) is 0 Å². The van der Waals surface area contributed by atoms with Gasteiger partial charge in [-0.25, -0.2) is 4.98 Å². The van der Waals surface area contributed by atoms with Crippen molar-refractivity contribution in [2.75, 3.05) is 13.2 Å². The lowest BCUT2D eigenvalue weighted by Crippen LogP contribution is -2.02. The van der Waals surface area contributed by atoms with E-state index in [1.807, 2.05) is 19.3 Å². The minimum absolute atomic E-state index is 0.334. The molecular formula is C19H23Cl3N2O2. The standard InChI is InChI=1S/C19H23Cl3N2O2/c1-15-23-10-12-24(15)11-4-2-3-5-13-26-19-16(21)7-8-17(18(19)22)25-14-6-9-20/h6-10,12H,2-5,11,13-14H2,1H3/b9-6-. The molecular weight excluding hydrogens is 395 g/mol. The molecule has 1 heterocycles. The maximum absolute atomic E-state index is 6.33. The van der Waals surface area contributed by atoms with Crippen LogP contribution >= 0.6 is 34.8 Å². The molecule has 7 heteroatoms. The van der Waals surface area contributed by atoms with Crippen LogP contribution in [0.25, 0.3) is 0 Å². The summed E-state index contributed by atoms with van der Waals surface area (Å²) in [6.07, 6.45) is 9.81. The highest BCUT2D eigenvalue weighted by atomic mass is 35.5. The summed E-state index contributed by atoms with van der Waals surface area (Å²) in [5, 5.41) is 0.863. The van der Waals surface area contributed by atoms with Gasteiger partial charge in [-0.15, -0.1) is 0 Å². The van der Waals surface area contributed by atoms with Crippen molar-refractivity contribution in [2.24, 2.45) is 0 Å². The van der Waals surface area contributed by atoms with Gasteiger partial charge in [-0.2, -0.15) is 0 Å². The number of rotatable bonds is 11. The molecule has 0 saturated heterocycles. The maximum atomic E-state index is 6.33. The van der Waals surface area contributed by atoms with E-state index in [-0.39, 0.29) is 0 Å². The van der Waals surface area contributed by atoms with Crippen molar-refractivity contribution in [3.8, 4) is 11.5 Å². The molecule has 0 radical (unpaired) electrons. The lowest BCUT2D eigenvalue weighted by Gasteiger charge is -2.13. The third-order valence-electron chi connectivity index (χ3n) is 3.90. The van der Waals surface area contributed by atoms with Gasteiger partial charge in [0.05, 0.1) is 11.6 Å². The Hall–Kier alpha value is -1.36. The smallest absolute Gasteiger partial charge is 0.160 e. The van der Waals surface area contributed by atoms with Crippen LogP contribution in [0.5, 0.6) is 11.5 Å². The van der Waals surface area contributed by atoms with E-state index in [0.29, 0.717) is 34.8 Å². The number of halogens is 3. The molecule has 0 spiro atoms. The van der Waals surface area contributed by atoms with Crippen LogP contribution in [0.3, 0.4) is 0 Å². The Morgan fingerprint density at radius 3 is 2.65 bits per heavy atom. The largest absolute Gasteiger partial charge is 0.490 e.